The molecule has 5 heteroatoms. The quantitative estimate of drug-likeness (QED) is 0.688. The average molecular weight is 349 g/mol. The predicted octanol–water partition coefficient (Wildman–Crippen LogP) is 4.59. The van der Waals surface area contributed by atoms with Crippen molar-refractivity contribution in [3.8, 4) is 6.07 Å². The first-order valence-electron chi connectivity index (χ1n) is 8.02. The standard InChI is InChI=1S/C20H19N3OS/c1-10-6-12(3)15(7-11(10)2)8-16(9-21)18-22-19(24)17-13(4)14(5)25-20(17)23-18/h6-8H,1-5H3,(H,22,23,24)/b16-8+. The summed E-state index contributed by atoms with van der Waals surface area (Å²) in [6.07, 6.45) is 1.79. The van der Waals surface area contributed by atoms with Gasteiger partial charge in [0.25, 0.3) is 5.56 Å². The highest BCUT2D eigenvalue weighted by atomic mass is 32.1. The number of aromatic amines is 1. The summed E-state index contributed by atoms with van der Waals surface area (Å²) in [6, 6.07) is 6.33. The molecule has 0 aliphatic rings. The number of nitriles is 1. The Hall–Kier alpha value is -2.71. The Kier molecular flexibility index (Phi) is 4.32. The van der Waals surface area contributed by atoms with Crippen LogP contribution in [0.25, 0.3) is 21.9 Å². The first kappa shape index (κ1) is 17.1. The average Bonchev–Trinajstić information content (AvgIpc) is 2.84. The van der Waals surface area contributed by atoms with Gasteiger partial charge in [-0.15, -0.1) is 11.3 Å². The highest BCUT2D eigenvalue weighted by Crippen LogP contribution is 2.27. The third-order valence-corrected chi connectivity index (χ3v) is 5.70. The fraction of sp³-hybridized carbons (Fsp3) is 0.250. The zero-order valence-corrected chi connectivity index (χ0v) is 15.8. The molecule has 0 saturated carbocycles. The van der Waals surface area contributed by atoms with E-state index in [1.165, 1.54) is 16.9 Å². The molecule has 126 valence electrons. The van der Waals surface area contributed by atoms with Gasteiger partial charge in [-0.3, -0.25) is 4.79 Å². The topological polar surface area (TPSA) is 69.5 Å². The van der Waals surface area contributed by atoms with E-state index in [4.69, 9.17) is 0 Å². The molecule has 0 aliphatic heterocycles. The van der Waals surface area contributed by atoms with E-state index in [2.05, 4.69) is 35.1 Å². The molecule has 2 aromatic heterocycles. The van der Waals surface area contributed by atoms with Gasteiger partial charge in [0.1, 0.15) is 10.9 Å². The molecule has 0 radical (unpaired) electrons. The highest BCUT2D eigenvalue weighted by molar-refractivity contribution is 7.18. The van der Waals surface area contributed by atoms with Crippen molar-refractivity contribution in [2.24, 2.45) is 0 Å². The van der Waals surface area contributed by atoms with Crippen LogP contribution in [0.5, 0.6) is 0 Å². The Bertz CT molecular complexity index is 1130. The van der Waals surface area contributed by atoms with Crippen molar-refractivity contribution in [2.45, 2.75) is 34.6 Å². The number of hydrogen-bond donors (Lipinski definition) is 1. The summed E-state index contributed by atoms with van der Waals surface area (Å²) in [5.74, 6) is 0.318. The van der Waals surface area contributed by atoms with Gasteiger partial charge >= 0.3 is 0 Å². The number of fused-ring (bicyclic) bond motifs is 1. The number of benzene rings is 1. The summed E-state index contributed by atoms with van der Waals surface area (Å²) in [4.78, 5) is 21.5. The second-order valence-corrected chi connectivity index (χ2v) is 7.54. The minimum Gasteiger partial charge on any atom is -0.305 e. The molecule has 3 aromatic rings. The third kappa shape index (κ3) is 3.01. The maximum atomic E-state index is 12.4. The molecule has 0 saturated heterocycles. The smallest absolute Gasteiger partial charge is 0.260 e. The number of H-pyrrole nitrogens is 1. The van der Waals surface area contributed by atoms with Gasteiger partial charge in [0.05, 0.1) is 11.0 Å². The number of aryl methyl sites for hydroxylation is 5. The van der Waals surface area contributed by atoms with Gasteiger partial charge in [-0.1, -0.05) is 12.1 Å². The monoisotopic (exact) mass is 349 g/mol. The molecule has 1 aromatic carbocycles. The van der Waals surface area contributed by atoms with E-state index in [0.717, 1.165) is 27.1 Å². The van der Waals surface area contributed by atoms with Gasteiger partial charge in [-0.25, -0.2) is 4.98 Å². The van der Waals surface area contributed by atoms with Crippen molar-refractivity contribution < 1.29 is 0 Å². The van der Waals surface area contributed by atoms with Crippen LogP contribution in [0.3, 0.4) is 0 Å². The van der Waals surface area contributed by atoms with Crippen molar-refractivity contribution in [3.63, 3.8) is 0 Å². The van der Waals surface area contributed by atoms with Gasteiger partial charge in [0, 0.05) is 4.88 Å². The van der Waals surface area contributed by atoms with Crippen molar-refractivity contribution in [3.05, 3.63) is 61.0 Å². The van der Waals surface area contributed by atoms with Gasteiger partial charge < -0.3 is 4.98 Å². The molecule has 0 unspecified atom stereocenters. The minimum absolute atomic E-state index is 0.195. The fourth-order valence-electron chi connectivity index (χ4n) is 2.83. The molecule has 0 spiro atoms. The summed E-state index contributed by atoms with van der Waals surface area (Å²) in [5, 5.41) is 10.2. The van der Waals surface area contributed by atoms with Crippen molar-refractivity contribution >= 4 is 33.2 Å². The van der Waals surface area contributed by atoms with Crippen LogP contribution >= 0.6 is 11.3 Å². The molecule has 0 bridgehead atoms. The summed E-state index contributed by atoms with van der Waals surface area (Å²) < 4.78 is 0. The van der Waals surface area contributed by atoms with Crippen LogP contribution in [0, 0.1) is 45.9 Å². The largest absolute Gasteiger partial charge is 0.305 e. The maximum Gasteiger partial charge on any atom is 0.260 e. The number of thiophene rings is 1. The van der Waals surface area contributed by atoms with E-state index in [1.54, 1.807) is 6.08 Å². The lowest BCUT2D eigenvalue weighted by Gasteiger charge is -2.07. The zero-order chi connectivity index (χ0) is 18.3. The molecule has 0 amide bonds. The molecule has 25 heavy (non-hydrogen) atoms. The summed E-state index contributed by atoms with van der Waals surface area (Å²) >= 11 is 1.48. The van der Waals surface area contributed by atoms with Crippen LogP contribution in [0.2, 0.25) is 0 Å². The first-order valence-corrected chi connectivity index (χ1v) is 8.83. The third-order valence-electron chi connectivity index (χ3n) is 4.60. The van der Waals surface area contributed by atoms with Crippen LogP contribution < -0.4 is 5.56 Å². The fourth-order valence-corrected chi connectivity index (χ4v) is 3.86. The molecular formula is C20H19N3OS. The van der Waals surface area contributed by atoms with Crippen LogP contribution in [-0.4, -0.2) is 9.97 Å². The van der Waals surface area contributed by atoms with Crippen LogP contribution in [0.15, 0.2) is 16.9 Å². The lowest BCUT2D eigenvalue weighted by molar-refractivity contribution is 1.13. The normalized spacial score (nSPS) is 11.8. The number of aromatic nitrogens is 2. The van der Waals surface area contributed by atoms with Crippen LogP contribution in [0.1, 0.15) is 38.5 Å². The van der Waals surface area contributed by atoms with Crippen molar-refractivity contribution in [1.82, 2.24) is 9.97 Å². The van der Waals surface area contributed by atoms with Crippen LogP contribution in [0.4, 0.5) is 0 Å². The van der Waals surface area contributed by atoms with Crippen LogP contribution in [-0.2, 0) is 0 Å². The zero-order valence-electron chi connectivity index (χ0n) is 14.9. The van der Waals surface area contributed by atoms with Crippen molar-refractivity contribution in [2.75, 3.05) is 0 Å². The molecule has 1 N–H and O–H groups in total. The maximum absolute atomic E-state index is 12.4. The van der Waals surface area contributed by atoms with Gasteiger partial charge in [-0.05, 0) is 68.5 Å². The highest BCUT2D eigenvalue weighted by Gasteiger charge is 2.14. The van der Waals surface area contributed by atoms with Crippen molar-refractivity contribution in [1.29, 1.82) is 5.26 Å². The molecule has 0 atom stereocenters. The lowest BCUT2D eigenvalue weighted by atomic mass is 9.99. The van der Waals surface area contributed by atoms with Gasteiger partial charge in [0.2, 0.25) is 0 Å². The van der Waals surface area contributed by atoms with E-state index in [9.17, 15) is 10.1 Å². The van der Waals surface area contributed by atoms with Gasteiger partial charge in [-0.2, -0.15) is 5.26 Å². The predicted molar refractivity (Wildman–Crippen MR) is 104 cm³/mol. The Morgan fingerprint density at radius 3 is 2.52 bits per heavy atom. The second-order valence-electron chi connectivity index (χ2n) is 6.34. The molecule has 0 fully saturated rings. The molecule has 3 rings (SSSR count). The molecular weight excluding hydrogens is 330 g/mol. The number of hydrogen-bond acceptors (Lipinski definition) is 4. The minimum atomic E-state index is -0.195. The molecule has 0 aliphatic carbocycles. The second kappa shape index (κ2) is 6.30. The number of allylic oxidation sites excluding steroid dienone is 1. The Morgan fingerprint density at radius 2 is 1.84 bits per heavy atom. The number of nitrogens with one attached hydrogen (secondary N) is 1. The number of rotatable bonds is 2. The Labute approximate surface area is 150 Å². The Balaban J connectivity index is 2.20. The summed E-state index contributed by atoms with van der Waals surface area (Å²) in [5.41, 5.74) is 5.53. The molecule has 4 nitrogen and oxygen atoms in total. The van der Waals surface area contributed by atoms with E-state index in [1.807, 2.05) is 27.7 Å². The summed E-state index contributed by atoms with van der Waals surface area (Å²) in [7, 11) is 0. The van der Waals surface area contributed by atoms with Gasteiger partial charge in [0.15, 0.2) is 5.82 Å². The van der Waals surface area contributed by atoms with E-state index >= 15 is 0 Å². The molecule has 2 heterocycles. The van der Waals surface area contributed by atoms with E-state index < -0.39 is 0 Å². The van der Waals surface area contributed by atoms with E-state index in [-0.39, 0.29) is 5.56 Å². The Morgan fingerprint density at radius 1 is 1.16 bits per heavy atom. The SMILES string of the molecule is Cc1cc(C)c(/C=C(\C#N)c2nc3sc(C)c(C)c3c(=O)[nH]2)cc1C. The van der Waals surface area contributed by atoms with E-state index in [0.29, 0.717) is 21.6 Å². The lowest BCUT2D eigenvalue weighted by Crippen LogP contribution is -2.10. The summed E-state index contributed by atoms with van der Waals surface area (Å²) in [6.45, 7) is 10.0. The first-order chi connectivity index (χ1) is 11.8. The number of nitrogens with zero attached hydrogens (tertiary/aromatic N) is 2.